The van der Waals surface area contributed by atoms with Crippen LogP contribution >= 0.6 is 0 Å². The van der Waals surface area contributed by atoms with Crippen molar-refractivity contribution in [2.75, 3.05) is 0 Å². The van der Waals surface area contributed by atoms with Gasteiger partial charge in [0.2, 0.25) is 0 Å². The summed E-state index contributed by atoms with van der Waals surface area (Å²) in [6, 6.07) is 1.29. The number of ketones is 1. The number of carbonyl (C=O) groups excluding carboxylic acids is 1. The average molecular weight is 279 g/mol. The van der Waals surface area contributed by atoms with Gasteiger partial charge in [-0.25, -0.2) is 0 Å². The van der Waals surface area contributed by atoms with E-state index in [1.54, 1.807) is 0 Å². The zero-order chi connectivity index (χ0) is 14.2. The fraction of sp³-hybridized carbons (Fsp3) is 0.944. The van der Waals surface area contributed by atoms with E-state index in [9.17, 15) is 4.79 Å². The summed E-state index contributed by atoms with van der Waals surface area (Å²) in [6.45, 7) is 2.26. The molecular formula is C18H33NO. The van der Waals surface area contributed by atoms with Crippen LogP contribution in [0.5, 0.6) is 0 Å². The second-order valence-electron chi connectivity index (χ2n) is 7.00. The zero-order valence-electron chi connectivity index (χ0n) is 13.3. The molecule has 0 aliphatic carbocycles. The first kappa shape index (κ1) is 16.0. The number of piperidine rings is 2. The lowest BCUT2D eigenvalue weighted by atomic mass is 9.77. The summed E-state index contributed by atoms with van der Waals surface area (Å²) < 4.78 is 0. The number of carbonyl (C=O) groups is 1. The first-order chi connectivity index (χ1) is 9.79. The maximum Gasteiger partial charge on any atom is 0.136 e. The molecule has 2 rings (SSSR count). The van der Waals surface area contributed by atoms with Gasteiger partial charge in [0.25, 0.3) is 0 Å². The molecule has 2 heteroatoms. The summed E-state index contributed by atoms with van der Waals surface area (Å²) in [7, 11) is 0. The Balaban J connectivity index is 1.56. The predicted octanol–water partition coefficient (Wildman–Crippen LogP) is 4.62. The molecule has 0 aromatic rings. The fourth-order valence-corrected chi connectivity index (χ4v) is 3.99. The van der Waals surface area contributed by atoms with Gasteiger partial charge in [-0.05, 0) is 32.1 Å². The maximum absolute atomic E-state index is 12.3. The van der Waals surface area contributed by atoms with Crippen LogP contribution in [0.15, 0.2) is 0 Å². The standard InChI is InChI=1S/C18H33NO/c1-2-3-4-5-6-7-8-12-18(20)15-13-16-10-9-11-17(14-15)19-16/h15-17,19H,2-14H2,1H3. The lowest BCUT2D eigenvalue weighted by molar-refractivity contribution is -0.124. The van der Waals surface area contributed by atoms with Crippen molar-refractivity contribution >= 4 is 5.78 Å². The third kappa shape index (κ3) is 5.20. The highest BCUT2D eigenvalue weighted by Gasteiger charge is 2.33. The number of hydrogen-bond acceptors (Lipinski definition) is 2. The Morgan fingerprint density at radius 3 is 2.20 bits per heavy atom. The molecular weight excluding hydrogens is 246 g/mol. The average Bonchev–Trinajstić information content (AvgIpc) is 2.45. The molecule has 0 radical (unpaired) electrons. The Kier molecular flexibility index (Phi) is 7.06. The monoisotopic (exact) mass is 279 g/mol. The van der Waals surface area contributed by atoms with Gasteiger partial charge in [-0.15, -0.1) is 0 Å². The highest BCUT2D eigenvalue weighted by molar-refractivity contribution is 5.81. The van der Waals surface area contributed by atoms with Crippen molar-refractivity contribution in [1.82, 2.24) is 5.32 Å². The van der Waals surface area contributed by atoms with Crippen molar-refractivity contribution in [3.63, 3.8) is 0 Å². The van der Waals surface area contributed by atoms with Crippen LogP contribution in [0.1, 0.15) is 90.4 Å². The van der Waals surface area contributed by atoms with E-state index in [2.05, 4.69) is 12.2 Å². The lowest BCUT2D eigenvalue weighted by Gasteiger charge is -2.39. The van der Waals surface area contributed by atoms with E-state index in [1.807, 2.05) is 0 Å². The van der Waals surface area contributed by atoms with Crippen LogP contribution in [0.3, 0.4) is 0 Å². The number of Topliss-reactive ketones (excluding diaryl/α,β-unsaturated/α-hetero) is 1. The van der Waals surface area contributed by atoms with Crippen LogP contribution in [0.4, 0.5) is 0 Å². The van der Waals surface area contributed by atoms with E-state index in [0.29, 0.717) is 23.8 Å². The van der Waals surface area contributed by atoms with Crippen LogP contribution in [-0.2, 0) is 4.79 Å². The molecule has 2 atom stereocenters. The van der Waals surface area contributed by atoms with E-state index in [1.165, 1.54) is 57.8 Å². The van der Waals surface area contributed by atoms with Crippen molar-refractivity contribution in [1.29, 1.82) is 0 Å². The van der Waals surface area contributed by atoms with Crippen LogP contribution < -0.4 is 5.32 Å². The molecule has 0 saturated carbocycles. The molecule has 2 fully saturated rings. The van der Waals surface area contributed by atoms with Gasteiger partial charge in [0.15, 0.2) is 0 Å². The quantitative estimate of drug-likeness (QED) is 0.624. The van der Waals surface area contributed by atoms with Crippen LogP contribution in [0, 0.1) is 5.92 Å². The fourth-order valence-electron chi connectivity index (χ4n) is 3.99. The lowest BCUT2D eigenvalue weighted by Crippen LogP contribution is -2.50. The minimum atomic E-state index is 0.381. The molecule has 0 amide bonds. The second-order valence-corrected chi connectivity index (χ2v) is 7.00. The van der Waals surface area contributed by atoms with Crippen LogP contribution in [-0.4, -0.2) is 17.9 Å². The topological polar surface area (TPSA) is 29.1 Å². The molecule has 2 heterocycles. The first-order valence-electron chi connectivity index (χ1n) is 9.08. The minimum absolute atomic E-state index is 0.381. The van der Waals surface area contributed by atoms with Crippen molar-refractivity contribution in [2.24, 2.45) is 5.92 Å². The highest BCUT2D eigenvalue weighted by atomic mass is 16.1. The Bertz CT molecular complexity index is 277. The molecule has 2 aliphatic heterocycles. The molecule has 0 aromatic carbocycles. The number of fused-ring (bicyclic) bond motifs is 2. The third-order valence-electron chi connectivity index (χ3n) is 5.20. The smallest absolute Gasteiger partial charge is 0.136 e. The van der Waals surface area contributed by atoms with Gasteiger partial charge in [0, 0.05) is 24.4 Å². The Hall–Kier alpha value is -0.370. The molecule has 2 nitrogen and oxygen atoms in total. The molecule has 0 spiro atoms. The molecule has 2 saturated heterocycles. The van der Waals surface area contributed by atoms with Gasteiger partial charge in [-0.1, -0.05) is 51.9 Å². The largest absolute Gasteiger partial charge is 0.311 e. The van der Waals surface area contributed by atoms with E-state index >= 15 is 0 Å². The summed E-state index contributed by atoms with van der Waals surface area (Å²) in [6.07, 6.45) is 16.2. The third-order valence-corrected chi connectivity index (χ3v) is 5.20. The van der Waals surface area contributed by atoms with E-state index in [0.717, 1.165) is 25.7 Å². The van der Waals surface area contributed by atoms with Crippen LogP contribution in [0.25, 0.3) is 0 Å². The van der Waals surface area contributed by atoms with Gasteiger partial charge in [0.1, 0.15) is 5.78 Å². The Morgan fingerprint density at radius 1 is 0.950 bits per heavy atom. The van der Waals surface area contributed by atoms with Crippen molar-refractivity contribution in [3.05, 3.63) is 0 Å². The molecule has 2 unspecified atom stereocenters. The van der Waals surface area contributed by atoms with Crippen molar-refractivity contribution in [2.45, 2.75) is 102 Å². The van der Waals surface area contributed by atoms with Gasteiger partial charge in [0.05, 0.1) is 0 Å². The van der Waals surface area contributed by atoms with E-state index < -0.39 is 0 Å². The van der Waals surface area contributed by atoms with Gasteiger partial charge < -0.3 is 5.32 Å². The minimum Gasteiger partial charge on any atom is -0.311 e. The number of nitrogens with one attached hydrogen (secondary N) is 1. The summed E-state index contributed by atoms with van der Waals surface area (Å²) in [4.78, 5) is 12.3. The van der Waals surface area contributed by atoms with Gasteiger partial charge in [-0.3, -0.25) is 4.79 Å². The Morgan fingerprint density at radius 2 is 1.55 bits per heavy atom. The molecule has 0 aromatic heterocycles. The molecule has 1 N–H and O–H groups in total. The molecule has 116 valence electrons. The number of rotatable bonds is 9. The SMILES string of the molecule is CCCCCCCCCC(=O)C1CC2CCCC(C1)N2. The first-order valence-corrected chi connectivity index (χ1v) is 9.08. The van der Waals surface area contributed by atoms with Crippen molar-refractivity contribution in [3.8, 4) is 0 Å². The summed E-state index contributed by atoms with van der Waals surface area (Å²) >= 11 is 0. The highest BCUT2D eigenvalue weighted by Crippen LogP contribution is 2.31. The summed E-state index contributed by atoms with van der Waals surface area (Å²) in [5.41, 5.74) is 0. The predicted molar refractivity (Wildman–Crippen MR) is 84.9 cm³/mol. The maximum atomic E-state index is 12.3. The van der Waals surface area contributed by atoms with Gasteiger partial charge >= 0.3 is 0 Å². The number of unbranched alkanes of at least 4 members (excludes halogenated alkanes) is 6. The van der Waals surface area contributed by atoms with Crippen LogP contribution in [0.2, 0.25) is 0 Å². The molecule has 2 bridgehead atoms. The normalized spacial score (nSPS) is 29.4. The Labute approximate surface area is 125 Å². The summed E-state index contributed by atoms with van der Waals surface area (Å²) in [5, 5.41) is 3.68. The number of hydrogen-bond donors (Lipinski definition) is 1. The molecule has 2 aliphatic rings. The van der Waals surface area contributed by atoms with E-state index in [-0.39, 0.29) is 0 Å². The van der Waals surface area contributed by atoms with Gasteiger partial charge in [-0.2, -0.15) is 0 Å². The second kappa shape index (κ2) is 8.81. The summed E-state index contributed by atoms with van der Waals surface area (Å²) in [5.74, 6) is 0.948. The van der Waals surface area contributed by atoms with Crippen molar-refractivity contribution < 1.29 is 4.79 Å². The van der Waals surface area contributed by atoms with E-state index in [4.69, 9.17) is 0 Å². The zero-order valence-corrected chi connectivity index (χ0v) is 13.3. The molecule has 20 heavy (non-hydrogen) atoms.